The summed E-state index contributed by atoms with van der Waals surface area (Å²) in [5, 5.41) is 1.83. The van der Waals surface area contributed by atoms with Crippen molar-refractivity contribution in [2.45, 2.75) is 36.2 Å². The third-order valence-electron chi connectivity index (χ3n) is 3.83. The summed E-state index contributed by atoms with van der Waals surface area (Å²) in [5.41, 5.74) is 2.25. The summed E-state index contributed by atoms with van der Waals surface area (Å²) in [6.07, 6.45) is 0. The number of imidazole rings is 1. The Labute approximate surface area is 158 Å². The van der Waals surface area contributed by atoms with Gasteiger partial charge in [-0.3, -0.25) is 4.57 Å². The van der Waals surface area contributed by atoms with Crippen LogP contribution in [0.4, 0.5) is 0 Å². The fourth-order valence-corrected chi connectivity index (χ4v) is 4.07. The number of nitrogens with zero attached hydrogens (tertiary/aromatic N) is 2. The largest absolute Gasteiger partial charge is 0.468 e. The number of aromatic nitrogens is 2. The minimum atomic E-state index is 0.299. The van der Waals surface area contributed by atoms with Crippen LogP contribution in [-0.2, 0) is 6.54 Å². The highest BCUT2D eigenvalue weighted by molar-refractivity contribution is 7.99. The van der Waals surface area contributed by atoms with E-state index in [2.05, 4.69) is 36.6 Å². The maximum Gasteiger partial charge on any atom is 0.297 e. The third-order valence-corrected chi connectivity index (χ3v) is 5.18. The molecule has 0 spiro atoms. The molecule has 5 heteroatoms. The Balaban J connectivity index is 2.05. The molecule has 0 N–H and O–H groups in total. The first-order chi connectivity index (χ1) is 12.1. The van der Waals surface area contributed by atoms with Crippen LogP contribution in [0.3, 0.4) is 0 Å². The lowest BCUT2D eigenvalue weighted by molar-refractivity contribution is 0.356. The first-order valence-corrected chi connectivity index (χ1v) is 9.39. The highest BCUT2D eigenvalue weighted by Gasteiger charge is 2.21. The van der Waals surface area contributed by atoms with E-state index in [0.717, 1.165) is 20.6 Å². The van der Waals surface area contributed by atoms with Crippen LogP contribution in [0.1, 0.15) is 31.0 Å². The maximum atomic E-state index is 6.16. The summed E-state index contributed by atoms with van der Waals surface area (Å²) in [7, 11) is 1.67. The molecule has 25 heavy (non-hydrogen) atoms. The maximum absolute atomic E-state index is 6.16. The molecule has 3 aromatic rings. The van der Waals surface area contributed by atoms with Crippen molar-refractivity contribution in [1.82, 2.24) is 9.55 Å². The van der Waals surface area contributed by atoms with E-state index in [1.54, 1.807) is 18.9 Å². The van der Waals surface area contributed by atoms with E-state index < -0.39 is 0 Å². The number of methoxy groups -OCH3 is 1. The van der Waals surface area contributed by atoms with Crippen molar-refractivity contribution < 1.29 is 4.74 Å². The minimum absolute atomic E-state index is 0.299. The smallest absolute Gasteiger partial charge is 0.297 e. The molecule has 1 aromatic heterocycles. The SMILES string of the molecule is COc1nc(C(C)C)c(Sc2cccc(Cl)c2)n1Cc1ccccc1. The van der Waals surface area contributed by atoms with E-state index in [1.165, 1.54) is 5.56 Å². The Bertz CT molecular complexity index is 846. The number of benzene rings is 2. The topological polar surface area (TPSA) is 27.1 Å². The zero-order valence-electron chi connectivity index (χ0n) is 14.6. The van der Waals surface area contributed by atoms with Crippen molar-refractivity contribution in [3.05, 3.63) is 70.9 Å². The van der Waals surface area contributed by atoms with Crippen LogP contribution in [0.5, 0.6) is 6.01 Å². The van der Waals surface area contributed by atoms with Gasteiger partial charge in [-0.2, -0.15) is 4.98 Å². The molecule has 0 aliphatic carbocycles. The molecule has 0 atom stereocenters. The summed E-state index contributed by atoms with van der Waals surface area (Å²) in [6, 6.07) is 18.9. The molecule has 130 valence electrons. The normalized spacial score (nSPS) is 11.1. The molecule has 0 aliphatic heterocycles. The average Bonchev–Trinajstić information content (AvgIpc) is 2.94. The second-order valence-corrected chi connectivity index (χ2v) is 7.57. The van der Waals surface area contributed by atoms with Gasteiger partial charge in [-0.05, 0) is 29.7 Å². The fraction of sp³-hybridized carbons (Fsp3) is 0.250. The zero-order valence-corrected chi connectivity index (χ0v) is 16.1. The molecule has 0 saturated heterocycles. The van der Waals surface area contributed by atoms with Crippen LogP contribution in [0, 0.1) is 0 Å². The van der Waals surface area contributed by atoms with Crippen LogP contribution in [0.15, 0.2) is 64.5 Å². The van der Waals surface area contributed by atoms with E-state index in [0.29, 0.717) is 18.5 Å². The van der Waals surface area contributed by atoms with Crippen LogP contribution in [0.2, 0.25) is 5.02 Å². The summed E-state index contributed by atoms with van der Waals surface area (Å²) in [5.74, 6) is 0.299. The molecule has 0 radical (unpaired) electrons. The molecular formula is C20H21ClN2OS. The van der Waals surface area contributed by atoms with Crippen molar-refractivity contribution in [2.24, 2.45) is 0 Å². The van der Waals surface area contributed by atoms with Gasteiger partial charge in [-0.15, -0.1) is 0 Å². The number of hydrogen-bond donors (Lipinski definition) is 0. The fourth-order valence-electron chi connectivity index (χ4n) is 2.62. The second-order valence-electron chi connectivity index (χ2n) is 6.07. The van der Waals surface area contributed by atoms with Crippen molar-refractivity contribution >= 4 is 23.4 Å². The summed E-state index contributed by atoms with van der Waals surface area (Å²) in [4.78, 5) is 5.82. The van der Waals surface area contributed by atoms with Gasteiger partial charge in [0.05, 0.1) is 19.3 Å². The van der Waals surface area contributed by atoms with Crippen molar-refractivity contribution in [3.63, 3.8) is 0 Å². The molecule has 0 amide bonds. The number of ether oxygens (including phenoxy) is 1. The van der Waals surface area contributed by atoms with Gasteiger partial charge in [-0.1, -0.05) is 73.6 Å². The molecule has 0 bridgehead atoms. The van der Waals surface area contributed by atoms with Crippen LogP contribution < -0.4 is 4.74 Å². The van der Waals surface area contributed by atoms with Gasteiger partial charge in [-0.25, -0.2) is 0 Å². The Kier molecular flexibility index (Phi) is 5.71. The van der Waals surface area contributed by atoms with Gasteiger partial charge < -0.3 is 4.74 Å². The Morgan fingerprint density at radius 2 is 1.88 bits per heavy atom. The third kappa shape index (κ3) is 4.20. The van der Waals surface area contributed by atoms with Gasteiger partial charge in [0.2, 0.25) is 0 Å². The number of rotatable bonds is 6. The average molecular weight is 373 g/mol. The Morgan fingerprint density at radius 3 is 2.52 bits per heavy atom. The van der Waals surface area contributed by atoms with E-state index >= 15 is 0 Å². The summed E-state index contributed by atoms with van der Waals surface area (Å²) < 4.78 is 7.70. The van der Waals surface area contributed by atoms with Crippen molar-refractivity contribution in [3.8, 4) is 6.01 Å². The lowest BCUT2D eigenvalue weighted by Gasteiger charge is -2.12. The molecule has 3 rings (SSSR count). The van der Waals surface area contributed by atoms with Crippen molar-refractivity contribution in [1.29, 1.82) is 0 Å². The highest BCUT2D eigenvalue weighted by atomic mass is 35.5. The molecule has 3 nitrogen and oxygen atoms in total. The molecule has 2 aromatic carbocycles. The minimum Gasteiger partial charge on any atom is -0.468 e. The lowest BCUT2D eigenvalue weighted by Crippen LogP contribution is -2.04. The quantitative estimate of drug-likeness (QED) is 0.541. The van der Waals surface area contributed by atoms with E-state index in [4.69, 9.17) is 21.3 Å². The molecule has 0 aliphatic rings. The van der Waals surface area contributed by atoms with Gasteiger partial charge in [0.25, 0.3) is 6.01 Å². The number of hydrogen-bond acceptors (Lipinski definition) is 3. The predicted molar refractivity (Wildman–Crippen MR) is 104 cm³/mol. The summed E-state index contributed by atoms with van der Waals surface area (Å²) >= 11 is 7.83. The van der Waals surface area contributed by atoms with Crippen LogP contribution >= 0.6 is 23.4 Å². The monoisotopic (exact) mass is 372 g/mol. The predicted octanol–water partition coefficient (Wildman–Crippen LogP) is 5.87. The molecule has 0 fully saturated rings. The zero-order chi connectivity index (χ0) is 17.8. The first-order valence-electron chi connectivity index (χ1n) is 8.20. The van der Waals surface area contributed by atoms with Crippen molar-refractivity contribution in [2.75, 3.05) is 7.11 Å². The van der Waals surface area contributed by atoms with Crippen LogP contribution in [-0.4, -0.2) is 16.7 Å². The Morgan fingerprint density at radius 1 is 1.12 bits per heavy atom. The standard InChI is InChI=1S/C20H21ClN2OS/c1-14(2)18-19(25-17-11-7-10-16(21)12-17)23(20(22-18)24-3)13-15-8-5-4-6-9-15/h4-12,14H,13H2,1-3H3. The molecular weight excluding hydrogens is 352 g/mol. The van der Waals surface area contributed by atoms with E-state index in [-0.39, 0.29) is 0 Å². The van der Waals surface area contributed by atoms with Gasteiger partial charge >= 0.3 is 0 Å². The van der Waals surface area contributed by atoms with Gasteiger partial charge in [0.1, 0.15) is 5.03 Å². The van der Waals surface area contributed by atoms with E-state index in [1.807, 2.05) is 36.4 Å². The lowest BCUT2D eigenvalue weighted by atomic mass is 10.1. The Hall–Kier alpha value is -1.91. The molecule has 1 heterocycles. The summed E-state index contributed by atoms with van der Waals surface area (Å²) in [6.45, 7) is 5.01. The molecule has 0 unspecified atom stereocenters. The second kappa shape index (κ2) is 7.98. The van der Waals surface area contributed by atoms with Gasteiger partial charge in [0.15, 0.2) is 0 Å². The molecule has 0 saturated carbocycles. The first kappa shape index (κ1) is 17.9. The number of halogens is 1. The van der Waals surface area contributed by atoms with Crippen LogP contribution in [0.25, 0.3) is 0 Å². The highest BCUT2D eigenvalue weighted by Crippen LogP contribution is 2.37. The van der Waals surface area contributed by atoms with Gasteiger partial charge in [0, 0.05) is 9.92 Å². The van der Waals surface area contributed by atoms with E-state index in [9.17, 15) is 0 Å².